The normalized spacial score (nSPS) is 12.6. The molecular formula is C25H20Cl2FN3O2S. The van der Waals surface area contributed by atoms with Crippen LogP contribution in [0.5, 0.6) is 5.75 Å². The van der Waals surface area contributed by atoms with E-state index in [1.807, 2.05) is 11.4 Å². The maximum Gasteiger partial charge on any atom is 0.266 e. The van der Waals surface area contributed by atoms with Gasteiger partial charge in [0.1, 0.15) is 23.2 Å². The second-order valence-electron chi connectivity index (χ2n) is 8.11. The summed E-state index contributed by atoms with van der Waals surface area (Å²) in [5.74, 6) is 0.375. The van der Waals surface area contributed by atoms with E-state index in [2.05, 4.69) is 22.5 Å². The van der Waals surface area contributed by atoms with Crippen LogP contribution in [0.15, 0.2) is 54.0 Å². The lowest BCUT2D eigenvalue weighted by Crippen LogP contribution is -2.12. The number of thiophene rings is 1. The van der Waals surface area contributed by atoms with Gasteiger partial charge in [-0.25, -0.2) is 4.39 Å². The molecule has 0 saturated carbocycles. The molecule has 9 heteroatoms. The molecule has 174 valence electrons. The minimum atomic E-state index is -0.409. The third-order valence-electron chi connectivity index (χ3n) is 5.65. The molecular weight excluding hydrogens is 496 g/mol. The number of aryl methyl sites for hydroxylation is 2. The van der Waals surface area contributed by atoms with E-state index in [-0.39, 0.29) is 18.3 Å². The molecule has 0 spiro atoms. The van der Waals surface area contributed by atoms with Gasteiger partial charge in [-0.1, -0.05) is 35.3 Å². The van der Waals surface area contributed by atoms with Gasteiger partial charge < -0.3 is 10.1 Å². The van der Waals surface area contributed by atoms with Gasteiger partial charge in [0, 0.05) is 16.8 Å². The molecule has 0 fully saturated rings. The zero-order chi connectivity index (χ0) is 23.7. The fourth-order valence-corrected chi connectivity index (χ4v) is 5.15. The van der Waals surface area contributed by atoms with E-state index in [1.165, 1.54) is 41.0 Å². The highest BCUT2D eigenvalue weighted by Gasteiger charge is 2.16. The number of anilines is 1. The minimum absolute atomic E-state index is 0.245. The van der Waals surface area contributed by atoms with Crippen LogP contribution in [0, 0.1) is 5.82 Å². The summed E-state index contributed by atoms with van der Waals surface area (Å²) in [6, 6.07) is 12.2. The summed E-state index contributed by atoms with van der Waals surface area (Å²) in [4.78, 5) is 13.3. The Bertz CT molecular complexity index is 1370. The van der Waals surface area contributed by atoms with E-state index >= 15 is 0 Å². The van der Waals surface area contributed by atoms with Crippen molar-refractivity contribution >= 4 is 46.3 Å². The van der Waals surface area contributed by atoms with Gasteiger partial charge in [0.15, 0.2) is 5.82 Å². The van der Waals surface area contributed by atoms with Crippen LogP contribution in [0.2, 0.25) is 10.0 Å². The highest BCUT2D eigenvalue weighted by molar-refractivity contribution is 7.12. The number of carbonyl (C=O) groups is 1. The fraction of sp³-hybridized carbons (Fsp3) is 0.200. The number of nitrogens with zero attached hydrogens (tertiary/aromatic N) is 2. The summed E-state index contributed by atoms with van der Waals surface area (Å²) in [5, 5.41) is 9.56. The SMILES string of the molecule is O=C(Nc1nn(Cc2ccc(F)cc2Cl)cc1Cl)c1cc(COc2ccc3c(c2)CCC3)cs1. The molecule has 1 N–H and O–H groups in total. The van der Waals surface area contributed by atoms with Gasteiger partial charge in [0.25, 0.3) is 5.91 Å². The van der Waals surface area contributed by atoms with Crippen molar-refractivity contribution in [3.8, 4) is 5.75 Å². The maximum atomic E-state index is 13.3. The van der Waals surface area contributed by atoms with Crippen LogP contribution in [0.4, 0.5) is 10.2 Å². The number of benzene rings is 2. The monoisotopic (exact) mass is 515 g/mol. The van der Waals surface area contributed by atoms with Crippen molar-refractivity contribution in [1.82, 2.24) is 9.78 Å². The van der Waals surface area contributed by atoms with Crippen molar-refractivity contribution in [1.29, 1.82) is 0 Å². The minimum Gasteiger partial charge on any atom is -0.489 e. The van der Waals surface area contributed by atoms with Crippen molar-refractivity contribution in [3.63, 3.8) is 0 Å². The molecule has 0 bridgehead atoms. The highest BCUT2D eigenvalue weighted by Crippen LogP contribution is 2.28. The first-order valence-corrected chi connectivity index (χ1v) is 12.4. The molecule has 0 radical (unpaired) electrons. The van der Waals surface area contributed by atoms with E-state index in [0.29, 0.717) is 27.1 Å². The lowest BCUT2D eigenvalue weighted by Gasteiger charge is -2.07. The average Bonchev–Trinajstić information content (AvgIpc) is 3.54. The standard InChI is InChI=1S/C25H20Cl2FN3O2S/c26-21-10-19(28)6-4-18(21)11-31-12-22(27)24(30-31)29-25(32)23-8-15(14-34-23)13-33-20-7-5-16-2-1-3-17(16)9-20/h4-10,12,14H,1-3,11,13H2,(H,29,30,32). The predicted octanol–water partition coefficient (Wildman–Crippen LogP) is 6.76. The molecule has 5 rings (SSSR count). The number of fused-ring (bicyclic) bond motifs is 1. The highest BCUT2D eigenvalue weighted by atomic mass is 35.5. The van der Waals surface area contributed by atoms with E-state index in [0.717, 1.165) is 24.2 Å². The van der Waals surface area contributed by atoms with Gasteiger partial charge in [-0.3, -0.25) is 9.48 Å². The molecule has 1 aliphatic rings. The van der Waals surface area contributed by atoms with Crippen molar-refractivity contribution in [2.45, 2.75) is 32.4 Å². The third-order valence-corrected chi connectivity index (χ3v) is 7.26. The van der Waals surface area contributed by atoms with E-state index in [4.69, 9.17) is 27.9 Å². The topological polar surface area (TPSA) is 56.2 Å². The molecule has 2 aromatic carbocycles. The number of hydrogen-bond acceptors (Lipinski definition) is 4. The Morgan fingerprint density at radius 1 is 1.12 bits per heavy atom. The smallest absolute Gasteiger partial charge is 0.266 e. The van der Waals surface area contributed by atoms with Gasteiger partial charge >= 0.3 is 0 Å². The first-order chi connectivity index (χ1) is 16.4. The number of amides is 1. The van der Waals surface area contributed by atoms with E-state index in [1.54, 1.807) is 23.0 Å². The lowest BCUT2D eigenvalue weighted by atomic mass is 10.1. The van der Waals surface area contributed by atoms with E-state index in [9.17, 15) is 9.18 Å². The molecule has 0 aliphatic heterocycles. The number of hydrogen-bond donors (Lipinski definition) is 1. The summed E-state index contributed by atoms with van der Waals surface area (Å²) in [6.07, 6.45) is 5.02. The molecule has 1 aliphatic carbocycles. The summed E-state index contributed by atoms with van der Waals surface area (Å²) < 4.78 is 20.7. The van der Waals surface area contributed by atoms with Gasteiger partial charge in [0.2, 0.25) is 0 Å². The second-order valence-corrected chi connectivity index (χ2v) is 9.83. The predicted molar refractivity (Wildman–Crippen MR) is 133 cm³/mol. The number of aromatic nitrogens is 2. The Balaban J connectivity index is 1.20. The van der Waals surface area contributed by atoms with E-state index < -0.39 is 5.82 Å². The van der Waals surface area contributed by atoms with Gasteiger partial charge in [-0.2, -0.15) is 5.10 Å². The Hall–Kier alpha value is -2.87. The van der Waals surface area contributed by atoms with Crippen LogP contribution in [0.1, 0.15) is 38.3 Å². The lowest BCUT2D eigenvalue weighted by molar-refractivity contribution is 0.103. The average molecular weight is 516 g/mol. The number of carbonyl (C=O) groups excluding carboxylic acids is 1. The van der Waals surface area contributed by atoms with Crippen LogP contribution in [-0.4, -0.2) is 15.7 Å². The third kappa shape index (κ3) is 5.12. The molecule has 2 heterocycles. The number of ether oxygens (including phenoxy) is 1. The number of halogens is 3. The van der Waals surface area contributed by atoms with Crippen LogP contribution >= 0.6 is 34.5 Å². The van der Waals surface area contributed by atoms with Crippen LogP contribution in [0.3, 0.4) is 0 Å². The quantitative estimate of drug-likeness (QED) is 0.295. The largest absolute Gasteiger partial charge is 0.489 e. The number of rotatable bonds is 7. The van der Waals surface area contributed by atoms with Crippen molar-refractivity contribution in [2.75, 3.05) is 5.32 Å². The van der Waals surface area contributed by atoms with Crippen molar-refractivity contribution < 1.29 is 13.9 Å². The van der Waals surface area contributed by atoms with Crippen LogP contribution < -0.4 is 10.1 Å². The molecule has 34 heavy (non-hydrogen) atoms. The van der Waals surface area contributed by atoms with Crippen LogP contribution in [-0.2, 0) is 26.0 Å². The molecule has 1 amide bonds. The molecule has 0 unspecified atom stereocenters. The van der Waals surface area contributed by atoms with Crippen molar-refractivity contribution in [2.24, 2.45) is 0 Å². The summed E-state index contributed by atoms with van der Waals surface area (Å²) in [5.41, 5.74) is 4.37. The second kappa shape index (κ2) is 9.78. The zero-order valence-electron chi connectivity index (χ0n) is 18.0. The summed E-state index contributed by atoms with van der Waals surface area (Å²) in [6.45, 7) is 0.675. The Kier molecular flexibility index (Phi) is 6.59. The van der Waals surface area contributed by atoms with Crippen LogP contribution in [0.25, 0.3) is 0 Å². The maximum absolute atomic E-state index is 13.3. The fourth-order valence-electron chi connectivity index (χ4n) is 3.93. The Morgan fingerprint density at radius 2 is 1.97 bits per heavy atom. The zero-order valence-corrected chi connectivity index (χ0v) is 20.3. The molecule has 4 aromatic rings. The molecule has 5 nitrogen and oxygen atoms in total. The van der Waals surface area contributed by atoms with Gasteiger partial charge in [0.05, 0.1) is 11.4 Å². The van der Waals surface area contributed by atoms with Gasteiger partial charge in [-0.05, 0) is 71.7 Å². The first kappa shape index (κ1) is 22.9. The van der Waals surface area contributed by atoms with Gasteiger partial charge in [-0.15, -0.1) is 11.3 Å². The summed E-state index contributed by atoms with van der Waals surface area (Å²) >= 11 is 13.7. The summed E-state index contributed by atoms with van der Waals surface area (Å²) in [7, 11) is 0. The first-order valence-electron chi connectivity index (χ1n) is 10.7. The number of nitrogens with one attached hydrogen (secondary N) is 1. The molecule has 0 atom stereocenters. The molecule has 2 aromatic heterocycles. The van der Waals surface area contributed by atoms with Crippen molar-refractivity contribution in [3.05, 3.63) is 97.0 Å². The Labute approximate surface area is 210 Å². The molecule has 0 saturated heterocycles. The Morgan fingerprint density at radius 3 is 2.82 bits per heavy atom.